The summed E-state index contributed by atoms with van der Waals surface area (Å²) in [5.41, 5.74) is 1.03. The van der Waals surface area contributed by atoms with Gasteiger partial charge in [-0.3, -0.25) is 4.79 Å². The fourth-order valence-corrected chi connectivity index (χ4v) is 1.95. The third kappa shape index (κ3) is 4.49. The highest BCUT2D eigenvalue weighted by Gasteiger charge is 2.20. The molecule has 1 atom stereocenters. The second-order valence-electron chi connectivity index (χ2n) is 4.91. The largest absolute Gasteiger partial charge is 0.480 e. The van der Waals surface area contributed by atoms with Gasteiger partial charge in [-0.05, 0) is 24.5 Å². The van der Waals surface area contributed by atoms with Gasteiger partial charge in [-0.15, -0.1) is 0 Å². The molecule has 0 aliphatic rings. The number of nitrogens with zero attached hydrogens (tertiary/aromatic N) is 1. The zero-order chi connectivity index (χ0) is 15.3. The van der Waals surface area contributed by atoms with Crippen LogP contribution in [0.2, 0.25) is 5.15 Å². The highest BCUT2D eigenvalue weighted by atomic mass is 35.5. The van der Waals surface area contributed by atoms with Gasteiger partial charge < -0.3 is 10.4 Å². The molecule has 20 heavy (non-hydrogen) atoms. The maximum absolute atomic E-state index is 12.1. The average molecular weight is 299 g/mol. The molecule has 0 aliphatic carbocycles. The predicted octanol–water partition coefficient (Wildman–Crippen LogP) is 2.84. The molecule has 0 radical (unpaired) electrons. The molecule has 0 fully saturated rings. The van der Waals surface area contributed by atoms with Gasteiger partial charge in [-0.2, -0.15) is 0 Å². The first-order valence-corrected chi connectivity index (χ1v) is 6.94. The summed E-state index contributed by atoms with van der Waals surface area (Å²) in [7, 11) is 0. The lowest BCUT2D eigenvalue weighted by Crippen LogP contribution is -2.40. The summed E-state index contributed by atoms with van der Waals surface area (Å²) in [6, 6.07) is 2.19. The number of carboxylic acids is 1. The molecule has 110 valence electrons. The van der Waals surface area contributed by atoms with E-state index in [9.17, 15) is 9.59 Å². The van der Waals surface area contributed by atoms with Crippen LogP contribution in [0.5, 0.6) is 0 Å². The number of aliphatic carboxylic acids is 1. The number of carbonyl (C=O) groups excluding carboxylic acids is 1. The lowest BCUT2D eigenvalue weighted by atomic mass is 10.1. The predicted molar refractivity (Wildman–Crippen MR) is 77.1 cm³/mol. The van der Waals surface area contributed by atoms with E-state index in [0.29, 0.717) is 24.1 Å². The molecule has 0 unspecified atom stereocenters. The van der Waals surface area contributed by atoms with Crippen molar-refractivity contribution >= 4 is 23.5 Å². The van der Waals surface area contributed by atoms with Gasteiger partial charge in [-0.1, -0.05) is 38.8 Å². The summed E-state index contributed by atoms with van der Waals surface area (Å²) in [5.74, 6) is -1.35. The molecule has 0 saturated carbocycles. The Morgan fingerprint density at radius 3 is 2.55 bits per heavy atom. The van der Waals surface area contributed by atoms with Crippen molar-refractivity contribution in [3.8, 4) is 0 Å². The minimum Gasteiger partial charge on any atom is -0.480 e. The van der Waals surface area contributed by atoms with E-state index in [2.05, 4.69) is 10.3 Å². The fraction of sp³-hybridized carbons (Fsp3) is 0.500. The summed E-state index contributed by atoms with van der Waals surface area (Å²) < 4.78 is 0. The van der Waals surface area contributed by atoms with Crippen LogP contribution in [0.1, 0.15) is 55.6 Å². The Kier molecular flexibility index (Phi) is 5.95. The number of aromatic nitrogens is 1. The zero-order valence-electron chi connectivity index (χ0n) is 11.8. The highest BCUT2D eigenvalue weighted by molar-refractivity contribution is 6.29. The van der Waals surface area contributed by atoms with Crippen molar-refractivity contribution in [3.05, 3.63) is 28.5 Å². The van der Waals surface area contributed by atoms with E-state index < -0.39 is 17.9 Å². The van der Waals surface area contributed by atoms with Crippen LogP contribution in [0, 0.1) is 0 Å². The molecule has 2 N–H and O–H groups in total. The maximum atomic E-state index is 12.1. The normalized spacial score (nSPS) is 12.2. The Morgan fingerprint density at radius 2 is 2.05 bits per heavy atom. The standard InChI is InChI=1S/C14H19ClN2O3/c1-4-5-10(14(19)20)17-13(18)9-6-11(8(2)3)16-12(15)7-9/h6-8,10H,4-5H2,1-3H3,(H,17,18)(H,19,20)/t10-/m1/s1. The molecular weight excluding hydrogens is 280 g/mol. The second kappa shape index (κ2) is 7.24. The number of hydrogen-bond donors (Lipinski definition) is 2. The molecule has 1 aromatic heterocycles. The molecule has 1 rings (SSSR count). The number of rotatable bonds is 6. The number of pyridine rings is 1. The van der Waals surface area contributed by atoms with Gasteiger partial charge in [0.15, 0.2) is 0 Å². The van der Waals surface area contributed by atoms with Crippen molar-refractivity contribution in [1.82, 2.24) is 10.3 Å². The van der Waals surface area contributed by atoms with Crippen LogP contribution in [0.3, 0.4) is 0 Å². The topological polar surface area (TPSA) is 79.3 Å². The first-order chi connectivity index (χ1) is 9.35. The average Bonchev–Trinajstić information content (AvgIpc) is 2.37. The van der Waals surface area contributed by atoms with E-state index in [1.165, 1.54) is 6.07 Å². The van der Waals surface area contributed by atoms with Crippen molar-refractivity contribution in [2.24, 2.45) is 0 Å². The molecule has 1 amide bonds. The van der Waals surface area contributed by atoms with Gasteiger partial charge in [0.2, 0.25) is 0 Å². The first kappa shape index (κ1) is 16.4. The van der Waals surface area contributed by atoms with Crippen molar-refractivity contribution in [3.63, 3.8) is 0 Å². The Morgan fingerprint density at radius 1 is 1.40 bits per heavy atom. The van der Waals surface area contributed by atoms with Crippen molar-refractivity contribution in [2.75, 3.05) is 0 Å². The van der Waals surface area contributed by atoms with Crippen molar-refractivity contribution < 1.29 is 14.7 Å². The van der Waals surface area contributed by atoms with Crippen LogP contribution in [0.4, 0.5) is 0 Å². The van der Waals surface area contributed by atoms with Gasteiger partial charge >= 0.3 is 5.97 Å². The Balaban J connectivity index is 2.94. The summed E-state index contributed by atoms with van der Waals surface area (Å²) in [5, 5.41) is 11.8. The molecule has 0 aromatic carbocycles. The van der Waals surface area contributed by atoms with E-state index in [1.807, 2.05) is 20.8 Å². The summed E-state index contributed by atoms with van der Waals surface area (Å²) in [6.07, 6.45) is 1.06. The van der Waals surface area contributed by atoms with E-state index in [0.717, 1.165) is 0 Å². The number of hydrogen-bond acceptors (Lipinski definition) is 3. The van der Waals surface area contributed by atoms with Crippen molar-refractivity contribution in [1.29, 1.82) is 0 Å². The smallest absolute Gasteiger partial charge is 0.326 e. The number of carbonyl (C=O) groups is 2. The van der Waals surface area contributed by atoms with Crippen LogP contribution < -0.4 is 5.32 Å². The van der Waals surface area contributed by atoms with E-state index >= 15 is 0 Å². The van der Waals surface area contributed by atoms with Gasteiger partial charge in [0.05, 0.1) is 0 Å². The number of amides is 1. The molecular formula is C14H19ClN2O3. The monoisotopic (exact) mass is 298 g/mol. The lowest BCUT2D eigenvalue weighted by Gasteiger charge is -2.14. The van der Waals surface area contributed by atoms with E-state index in [4.69, 9.17) is 16.7 Å². The van der Waals surface area contributed by atoms with Crippen LogP contribution >= 0.6 is 11.6 Å². The quantitative estimate of drug-likeness (QED) is 0.792. The Labute approximate surface area is 123 Å². The third-order valence-electron chi connectivity index (χ3n) is 2.85. The summed E-state index contributed by atoms with van der Waals surface area (Å²) in [4.78, 5) is 27.3. The summed E-state index contributed by atoms with van der Waals surface area (Å²) in [6.45, 7) is 5.75. The van der Waals surface area contributed by atoms with E-state index in [-0.39, 0.29) is 11.1 Å². The molecule has 0 aliphatic heterocycles. The Bertz CT molecular complexity index is 503. The van der Waals surface area contributed by atoms with Crippen LogP contribution in [0.15, 0.2) is 12.1 Å². The molecule has 1 aromatic rings. The third-order valence-corrected chi connectivity index (χ3v) is 3.04. The second-order valence-corrected chi connectivity index (χ2v) is 5.30. The maximum Gasteiger partial charge on any atom is 0.326 e. The van der Waals surface area contributed by atoms with Gasteiger partial charge in [0, 0.05) is 11.3 Å². The SMILES string of the molecule is CCC[C@@H](NC(=O)c1cc(Cl)nc(C(C)C)c1)C(=O)O. The first-order valence-electron chi connectivity index (χ1n) is 6.56. The molecule has 6 heteroatoms. The van der Waals surface area contributed by atoms with Gasteiger partial charge in [0.1, 0.15) is 11.2 Å². The molecule has 5 nitrogen and oxygen atoms in total. The van der Waals surface area contributed by atoms with Crippen LogP contribution in [-0.4, -0.2) is 28.0 Å². The number of halogens is 1. The van der Waals surface area contributed by atoms with Crippen LogP contribution in [-0.2, 0) is 4.79 Å². The highest BCUT2D eigenvalue weighted by Crippen LogP contribution is 2.17. The zero-order valence-corrected chi connectivity index (χ0v) is 12.6. The van der Waals surface area contributed by atoms with Crippen molar-refractivity contribution in [2.45, 2.75) is 45.6 Å². The number of nitrogens with one attached hydrogen (secondary N) is 1. The Hall–Kier alpha value is -1.62. The fourth-order valence-electron chi connectivity index (χ4n) is 1.73. The summed E-state index contributed by atoms with van der Waals surface area (Å²) >= 11 is 5.89. The van der Waals surface area contributed by atoms with Gasteiger partial charge in [0.25, 0.3) is 5.91 Å². The van der Waals surface area contributed by atoms with Crippen LogP contribution in [0.25, 0.3) is 0 Å². The number of carboxylic acid groups (broad SMARTS) is 1. The lowest BCUT2D eigenvalue weighted by molar-refractivity contribution is -0.139. The molecule has 0 bridgehead atoms. The molecule has 0 saturated heterocycles. The minimum absolute atomic E-state index is 0.131. The molecule has 0 spiro atoms. The van der Waals surface area contributed by atoms with E-state index in [1.54, 1.807) is 6.07 Å². The van der Waals surface area contributed by atoms with Gasteiger partial charge in [-0.25, -0.2) is 9.78 Å². The molecule has 1 heterocycles. The minimum atomic E-state index is -1.04.